The van der Waals surface area contributed by atoms with Crippen molar-refractivity contribution < 1.29 is 13.6 Å². The van der Waals surface area contributed by atoms with Crippen molar-refractivity contribution in [3.8, 4) is 0 Å². The molecular formula is C21H28N8O2. The third-order valence-corrected chi connectivity index (χ3v) is 6.05. The first-order valence-corrected chi connectivity index (χ1v) is 10.5. The van der Waals surface area contributed by atoms with E-state index >= 15 is 0 Å². The molecule has 2 fully saturated rings. The minimum Gasteiger partial charge on any atom is -0.453 e. The molecular weight excluding hydrogens is 396 g/mol. The molecule has 4 heterocycles. The van der Waals surface area contributed by atoms with Crippen LogP contribution in [0.5, 0.6) is 0 Å². The van der Waals surface area contributed by atoms with Crippen LogP contribution in [-0.4, -0.2) is 61.5 Å². The first kappa shape index (κ1) is 16.4. The molecule has 2 aliphatic rings. The Kier molecular flexibility index (Phi) is 4.10. The highest BCUT2D eigenvalue weighted by molar-refractivity contribution is 5.92. The zero-order valence-corrected chi connectivity index (χ0v) is 17.6. The topological polar surface area (TPSA) is 113 Å². The number of carbonyl (C=O) groups is 1. The van der Waals surface area contributed by atoms with Crippen molar-refractivity contribution in [2.45, 2.75) is 50.6 Å². The van der Waals surface area contributed by atoms with Crippen LogP contribution in [0.1, 0.15) is 48.2 Å². The molecule has 1 aliphatic carbocycles. The van der Waals surface area contributed by atoms with Gasteiger partial charge in [-0.15, -0.1) is 0 Å². The van der Waals surface area contributed by atoms with Gasteiger partial charge in [-0.05, 0) is 44.1 Å². The summed E-state index contributed by atoms with van der Waals surface area (Å²) in [5.74, 6) is 1.49. The number of hydrogen-bond donors (Lipinski definition) is 3. The van der Waals surface area contributed by atoms with E-state index in [4.69, 9.17) is 13.8 Å². The Morgan fingerprint density at radius 2 is 2.19 bits per heavy atom. The minimum absolute atomic E-state index is 0.00140. The van der Waals surface area contributed by atoms with Gasteiger partial charge in [0.2, 0.25) is 5.95 Å². The molecule has 31 heavy (non-hydrogen) atoms. The summed E-state index contributed by atoms with van der Waals surface area (Å²) in [6.07, 6.45) is 8.49. The number of methoxy groups -OCH3 is 1. The molecule has 5 rings (SSSR count). The van der Waals surface area contributed by atoms with Gasteiger partial charge in [-0.3, -0.25) is 4.68 Å². The zero-order valence-electron chi connectivity index (χ0n) is 20.6. The maximum atomic E-state index is 12.2. The molecule has 0 unspecified atom stereocenters. The lowest BCUT2D eigenvalue weighted by Crippen LogP contribution is -2.49. The summed E-state index contributed by atoms with van der Waals surface area (Å²) in [5.41, 5.74) is 2.35. The van der Waals surface area contributed by atoms with Gasteiger partial charge in [-0.2, -0.15) is 15.1 Å². The molecule has 1 aliphatic heterocycles. The molecule has 3 aromatic rings. The number of ether oxygens (including phenoxy) is 1. The Bertz CT molecular complexity index is 1200. The van der Waals surface area contributed by atoms with Crippen molar-refractivity contribution in [1.29, 1.82) is 0 Å². The number of aromatic amines is 1. The monoisotopic (exact) mass is 427 g/mol. The SMILES string of the molecule is [2H]C([2H])([2H])n1cc(Nc2nc(N[C@@H]3CC[C@H](C)N(C(=O)OC)C3)c3c(C4CC4)c[nH]c3n2)cn1. The molecule has 1 saturated carbocycles. The Balaban J connectivity index is 1.45. The van der Waals surface area contributed by atoms with Crippen LogP contribution >= 0.6 is 0 Å². The number of hydrogen-bond acceptors (Lipinski definition) is 7. The van der Waals surface area contributed by atoms with E-state index in [0.29, 0.717) is 35.6 Å². The van der Waals surface area contributed by atoms with Gasteiger partial charge in [-0.1, -0.05) is 0 Å². The average Bonchev–Trinajstić information content (AvgIpc) is 3.36. The maximum absolute atomic E-state index is 12.2. The van der Waals surface area contributed by atoms with Crippen LogP contribution in [0.2, 0.25) is 0 Å². The molecule has 3 aromatic heterocycles. The maximum Gasteiger partial charge on any atom is 0.409 e. The fourth-order valence-corrected chi connectivity index (χ4v) is 4.24. The molecule has 3 N–H and O–H groups in total. The van der Waals surface area contributed by atoms with Gasteiger partial charge >= 0.3 is 6.09 Å². The van der Waals surface area contributed by atoms with Gasteiger partial charge in [0.05, 0.1) is 24.4 Å². The van der Waals surface area contributed by atoms with Crippen LogP contribution in [0.3, 0.4) is 0 Å². The molecule has 2 atom stereocenters. The number of fused-ring (bicyclic) bond motifs is 1. The fraction of sp³-hybridized carbons (Fsp3) is 0.524. The minimum atomic E-state index is -2.36. The lowest BCUT2D eigenvalue weighted by atomic mass is 9.99. The normalized spacial score (nSPS) is 23.2. The van der Waals surface area contributed by atoms with Crippen molar-refractivity contribution in [3.63, 3.8) is 0 Å². The highest BCUT2D eigenvalue weighted by atomic mass is 16.5. The van der Waals surface area contributed by atoms with Crippen LogP contribution in [0.25, 0.3) is 11.0 Å². The Morgan fingerprint density at radius 3 is 2.94 bits per heavy atom. The molecule has 1 amide bonds. The highest BCUT2D eigenvalue weighted by Crippen LogP contribution is 2.44. The first-order valence-electron chi connectivity index (χ1n) is 12.0. The van der Waals surface area contributed by atoms with Crippen molar-refractivity contribution >= 4 is 34.6 Å². The summed E-state index contributed by atoms with van der Waals surface area (Å²) < 4.78 is 28.4. The molecule has 0 aromatic carbocycles. The predicted octanol–water partition coefficient (Wildman–Crippen LogP) is 3.34. The van der Waals surface area contributed by atoms with E-state index in [1.165, 1.54) is 25.1 Å². The van der Waals surface area contributed by atoms with E-state index in [0.717, 1.165) is 35.8 Å². The number of amides is 1. The molecule has 164 valence electrons. The number of carbonyl (C=O) groups excluding carboxylic acids is 1. The van der Waals surface area contributed by atoms with Gasteiger partial charge in [0.15, 0.2) is 0 Å². The molecule has 0 bridgehead atoms. The van der Waals surface area contributed by atoms with E-state index in [1.54, 1.807) is 4.90 Å². The van der Waals surface area contributed by atoms with Crippen molar-refractivity contribution in [2.24, 2.45) is 6.98 Å². The summed E-state index contributed by atoms with van der Waals surface area (Å²) in [6, 6.07) is 0.110. The number of nitrogens with zero attached hydrogens (tertiary/aromatic N) is 5. The number of rotatable bonds is 5. The number of likely N-dealkylation sites (tertiary alicyclic amines) is 1. The van der Waals surface area contributed by atoms with Crippen molar-refractivity contribution in [2.75, 3.05) is 24.3 Å². The van der Waals surface area contributed by atoms with Gasteiger partial charge in [0.25, 0.3) is 0 Å². The smallest absolute Gasteiger partial charge is 0.409 e. The van der Waals surface area contributed by atoms with Crippen LogP contribution in [0.15, 0.2) is 18.6 Å². The lowest BCUT2D eigenvalue weighted by Gasteiger charge is -2.37. The molecule has 0 spiro atoms. The van der Waals surface area contributed by atoms with Gasteiger partial charge < -0.3 is 25.3 Å². The Labute approximate surface area is 184 Å². The highest BCUT2D eigenvalue weighted by Gasteiger charge is 2.32. The summed E-state index contributed by atoms with van der Waals surface area (Å²) in [7, 11) is 1.40. The molecule has 10 heteroatoms. The number of H-pyrrole nitrogens is 1. The number of aromatic nitrogens is 5. The third kappa shape index (κ3) is 3.89. The summed E-state index contributed by atoms with van der Waals surface area (Å²) in [6.45, 7) is 0.172. The van der Waals surface area contributed by atoms with Crippen LogP contribution < -0.4 is 10.6 Å². The van der Waals surface area contributed by atoms with E-state index in [9.17, 15) is 4.79 Å². The third-order valence-electron chi connectivity index (χ3n) is 6.05. The number of aryl methyl sites for hydroxylation is 1. The zero-order chi connectivity index (χ0) is 24.0. The average molecular weight is 428 g/mol. The standard InChI is InChI=1S/C21H28N8O2/c1-12-4-7-14(11-29(12)21(30)31-3)24-19-17-16(13-5-6-13)9-22-18(17)26-20(27-19)25-15-8-23-28(2)10-15/h8-10,12-14H,4-7,11H2,1-3H3,(H3,22,24,25,26,27)/t12-,14+/m0/s1/i2D3. The molecule has 0 radical (unpaired) electrons. The second-order valence-corrected chi connectivity index (χ2v) is 8.33. The van der Waals surface area contributed by atoms with Crippen LogP contribution in [0.4, 0.5) is 22.2 Å². The van der Waals surface area contributed by atoms with Crippen molar-refractivity contribution in [3.05, 3.63) is 24.2 Å². The lowest BCUT2D eigenvalue weighted by molar-refractivity contribution is 0.0912. The van der Waals surface area contributed by atoms with Crippen molar-refractivity contribution in [1.82, 2.24) is 29.6 Å². The van der Waals surface area contributed by atoms with Gasteiger partial charge in [-0.25, -0.2) is 4.79 Å². The summed E-state index contributed by atoms with van der Waals surface area (Å²) in [5, 5.41) is 11.5. The molecule has 1 saturated heterocycles. The number of anilines is 3. The fourth-order valence-electron chi connectivity index (χ4n) is 4.24. The Hall–Kier alpha value is -3.30. The van der Waals surface area contributed by atoms with Gasteiger partial charge in [0, 0.05) is 42.1 Å². The van der Waals surface area contributed by atoms with Crippen LogP contribution in [-0.2, 0) is 11.7 Å². The number of piperidine rings is 1. The second-order valence-electron chi connectivity index (χ2n) is 8.33. The summed E-state index contributed by atoms with van der Waals surface area (Å²) in [4.78, 5) is 26.6. The van der Waals surface area contributed by atoms with E-state index in [2.05, 4.69) is 25.7 Å². The second kappa shape index (κ2) is 7.75. The molecule has 10 nitrogen and oxygen atoms in total. The predicted molar refractivity (Wildman–Crippen MR) is 118 cm³/mol. The van der Waals surface area contributed by atoms with E-state index in [1.807, 2.05) is 13.1 Å². The first-order chi connectivity index (χ1) is 16.2. The quantitative estimate of drug-likeness (QED) is 0.572. The van der Waals surface area contributed by atoms with Gasteiger partial charge in [0.1, 0.15) is 11.5 Å². The number of nitrogens with one attached hydrogen (secondary N) is 3. The summed E-state index contributed by atoms with van der Waals surface area (Å²) >= 11 is 0. The Morgan fingerprint density at radius 1 is 1.32 bits per heavy atom. The van der Waals surface area contributed by atoms with Crippen LogP contribution in [0, 0.1) is 0 Å². The van der Waals surface area contributed by atoms with E-state index in [-0.39, 0.29) is 18.2 Å². The largest absolute Gasteiger partial charge is 0.453 e. The van der Waals surface area contributed by atoms with E-state index < -0.39 is 6.98 Å².